The Labute approximate surface area is 116 Å². The third-order valence-corrected chi connectivity index (χ3v) is 2.27. The van der Waals surface area contributed by atoms with E-state index in [0.29, 0.717) is 0 Å². The van der Waals surface area contributed by atoms with Gasteiger partial charge in [0.05, 0.1) is 23.3 Å². The lowest BCUT2D eigenvalue weighted by atomic mass is 10.1. The summed E-state index contributed by atoms with van der Waals surface area (Å²) in [7, 11) is 0. The van der Waals surface area contributed by atoms with Crippen LogP contribution in [0.4, 0.5) is 0 Å². The molecular weight excluding hydrogens is 264 g/mol. The molecule has 2 unspecified atom stereocenters. The number of benzene rings is 1. The zero-order chi connectivity index (χ0) is 15.1. The molecule has 0 saturated heterocycles. The van der Waals surface area contributed by atoms with Crippen LogP contribution in [0, 0.1) is 0 Å². The van der Waals surface area contributed by atoms with E-state index in [1.807, 2.05) is 0 Å². The highest BCUT2D eigenvalue weighted by Gasteiger charge is 2.12. The molecule has 0 radical (unpaired) electrons. The van der Waals surface area contributed by atoms with Crippen LogP contribution in [-0.2, 0) is 9.47 Å². The average molecular weight is 282 g/mol. The number of hydrogen-bond donors (Lipinski definition) is 2. The van der Waals surface area contributed by atoms with Crippen LogP contribution in [0.15, 0.2) is 24.3 Å². The molecule has 1 aromatic carbocycles. The van der Waals surface area contributed by atoms with E-state index in [4.69, 9.17) is 19.7 Å². The molecule has 2 atom stereocenters. The van der Waals surface area contributed by atoms with E-state index in [1.54, 1.807) is 0 Å². The Hall–Kier alpha value is -1.92. The van der Waals surface area contributed by atoms with Crippen molar-refractivity contribution in [3.8, 4) is 0 Å². The normalized spacial score (nSPS) is 13.4. The highest BCUT2D eigenvalue weighted by molar-refractivity contribution is 5.93. The first-order valence-electron chi connectivity index (χ1n) is 6.20. The van der Waals surface area contributed by atoms with Crippen LogP contribution in [0.1, 0.15) is 34.6 Å². The van der Waals surface area contributed by atoms with Gasteiger partial charge in [-0.1, -0.05) is 0 Å². The number of aliphatic hydroxyl groups excluding tert-OH is 2. The Bertz CT molecular complexity index is 406. The fourth-order valence-corrected chi connectivity index (χ4v) is 1.30. The molecule has 1 rings (SSSR count). The van der Waals surface area contributed by atoms with Crippen molar-refractivity contribution in [1.82, 2.24) is 0 Å². The number of hydrogen-bond acceptors (Lipinski definition) is 6. The molecule has 1 aromatic rings. The van der Waals surface area contributed by atoms with Crippen molar-refractivity contribution in [3.63, 3.8) is 0 Å². The van der Waals surface area contributed by atoms with Crippen molar-refractivity contribution in [2.24, 2.45) is 0 Å². The van der Waals surface area contributed by atoms with Gasteiger partial charge in [-0.15, -0.1) is 0 Å². The van der Waals surface area contributed by atoms with Gasteiger partial charge in [0, 0.05) is 0 Å². The Kier molecular flexibility index (Phi) is 6.14. The van der Waals surface area contributed by atoms with Crippen LogP contribution in [0.5, 0.6) is 0 Å². The zero-order valence-corrected chi connectivity index (χ0v) is 11.4. The van der Waals surface area contributed by atoms with Gasteiger partial charge < -0.3 is 19.7 Å². The van der Waals surface area contributed by atoms with Gasteiger partial charge in [0.1, 0.15) is 13.2 Å². The summed E-state index contributed by atoms with van der Waals surface area (Å²) in [4.78, 5) is 23.1. The monoisotopic (exact) mass is 282 g/mol. The SMILES string of the molecule is CC(O)COC(=O)c1ccc(C(=O)OCC(C)O)cc1. The number of aliphatic hydroxyl groups is 2. The number of carbonyl (C=O) groups excluding carboxylic acids is 2. The molecule has 20 heavy (non-hydrogen) atoms. The molecule has 2 N–H and O–H groups in total. The molecule has 0 spiro atoms. The largest absolute Gasteiger partial charge is 0.459 e. The van der Waals surface area contributed by atoms with E-state index in [2.05, 4.69) is 0 Å². The average Bonchev–Trinajstić information content (AvgIpc) is 2.42. The van der Waals surface area contributed by atoms with Crippen molar-refractivity contribution in [1.29, 1.82) is 0 Å². The first-order valence-corrected chi connectivity index (χ1v) is 6.20. The van der Waals surface area contributed by atoms with Gasteiger partial charge in [-0.25, -0.2) is 9.59 Å². The molecule has 0 saturated carbocycles. The molecule has 0 aliphatic carbocycles. The summed E-state index contributed by atoms with van der Waals surface area (Å²) in [6, 6.07) is 5.74. The molecule has 0 aliphatic heterocycles. The van der Waals surface area contributed by atoms with Gasteiger partial charge in [-0.05, 0) is 38.1 Å². The van der Waals surface area contributed by atoms with Crippen molar-refractivity contribution in [2.45, 2.75) is 26.1 Å². The third kappa shape index (κ3) is 5.38. The van der Waals surface area contributed by atoms with Gasteiger partial charge in [0.15, 0.2) is 0 Å². The van der Waals surface area contributed by atoms with Crippen molar-refractivity contribution in [3.05, 3.63) is 35.4 Å². The van der Waals surface area contributed by atoms with Gasteiger partial charge in [0.25, 0.3) is 0 Å². The summed E-state index contributed by atoms with van der Waals surface area (Å²) in [6.07, 6.45) is -1.46. The lowest BCUT2D eigenvalue weighted by Gasteiger charge is -2.08. The number of esters is 2. The molecule has 110 valence electrons. The highest BCUT2D eigenvalue weighted by atomic mass is 16.5. The molecule has 0 aromatic heterocycles. The van der Waals surface area contributed by atoms with Crippen LogP contribution in [0.2, 0.25) is 0 Å². The summed E-state index contributed by atoms with van der Waals surface area (Å²) in [5.41, 5.74) is 0.551. The number of carbonyl (C=O) groups is 2. The second-order valence-corrected chi connectivity index (χ2v) is 4.47. The van der Waals surface area contributed by atoms with E-state index in [9.17, 15) is 9.59 Å². The molecule has 0 bridgehead atoms. The fourth-order valence-electron chi connectivity index (χ4n) is 1.30. The lowest BCUT2D eigenvalue weighted by molar-refractivity contribution is 0.0288. The highest BCUT2D eigenvalue weighted by Crippen LogP contribution is 2.08. The van der Waals surface area contributed by atoms with E-state index < -0.39 is 24.1 Å². The summed E-state index contributed by atoms with van der Waals surface area (Å²) in [6.45, 7) is 2.84. The zero-order valence-electron chi connectivity index (χ0n) is 11.4. The van der Waals surface area contributed by atoms with Crippen molar-refractivity contribution >= 4 is 11.9 Å². The van der Waals surface area contributed by atoms with Crippen LogP contribution in [-0.4, -0.2) is 47.6 Å². The van der Waals surface area contributed by atoms with Crippen LogP contribution in [0.3, 0.4) is 0 Å². The van der Waals surface area contributed by atoms with E-state index in [0.717, 1.165) is 0 Å². The van der Waals surface area contributed by atoms with Crippen LogP contribution < -0.4 is 0 Å². The quantitative estimate of drug-likeness (QED) is 0.748. The summed E-state index contributed by atoms with van der Waals surface area (Å²) < 4.78 is 9.66. The van der Waals surface area contributed by atoms with Crippen LogP contribution >= 0.6 is 0 Å². The molecule has 6 heteroatoms. The predicted octanol–water partition coefficient (Wildman–Crippen LogP) is 0.762. The maximum atomic E-state index is 11.6. The Morgan fingerprint density at radius 3 is 1.45 bits per heavy atom. The van der Waals surface area contributed by atoms with Crippen LogP contribution in [0.25, 0.3) is 0 Å². The van der Waals surface area contributed by atoms with Gasteiger partial charge >= 0.3 is 11.9 Å². The summed E-state index contributed by atoms with van der Waals surface area (Å²) in [5, 5.41) is 18.0. The third-order valence-electron chi connectivity index (χ3n) is 2.27. The van der Waals surface area contributed by atoms with Gasteiger partial charge in [0.2, 0.25) is 0 Å². The summed E-state index contributed by atoms with van der Waals surface area (Å²) in [5.74, 6) is -1.15. The Morgan fingerprint density at radius 1 is 0.900 bits per heavy atom. The predicted molar refractivity (Wildman–Crippen MR) is 70.4 cm³/mol. The molecular formula is C14H18O6. The standard InChI is InChI=1S/C14H18O6/c1-9(15)7-19-13(17)11-3-5-12(6-4-11)14(18)20-8-10(2)16/h3-6,9-10,15-16H,7-8H2,1-2H3. The van der Waals surface area contributed by atoms with E-state index in [-0.39, 0.29) is 24.3 Å². The van der Waals surface area contributed by atoms with Crippen molar-refractivity contribution in [2.75, 3.05) is 13.2 Å². The van der Waals surface area contributed by atoms with Gasteiger partial charge in [-0.2, -0.15) is 0 Å². The minimum absolute atomic E-state index is 0.0863. The minimum Gasteiger partial charge on any atom is -0.459 e. The molecule has 0 amide bonds. The minimum atomic E-state index is -0.728. The van der Waals surface area contributed by atoms with Crippen molar-refractivity contribution < 1.29 is 29.3 Å². The van der Waals surface area contributed by atoms with Gasteiger partial charge in [-0.3, -0.25) is 0 Å². The maximum Gasteiger partial charge on any atom is 0.338 e. The molecule has 0 aliphatic rings. The summed E-state index contributed by atoms with van der Waals surface area (Å²) >= 11 is 0. The first kappa shape index (κ1) is 16.1. The second-order valence-electron chi connectivity index (χ2n) is 4.47. The maximum absolute atomic E-state index is 11.6. The first-order chi connectivity index (χ1) is 9.40. The van der Waals surface area contributed by atoms with E-state index >= 15 is 0 Å². The number of rotatable bonds is 6. The Balaban J connectivity index is 2.59. The number of ether oxygens (including phenoxy) is 2. The molecule has 0 heterocycles. The lowest BCUT2D eigenvalue weighted by Crippen LogP contribution is -2.16. The fraction of sp³-hybridized carbons (Fsp3) is 0.429. The van der Waals surface area contributed by atoms with E-state index in [1.165, 1.54) is 38.1 Å². The smallest absolute Gasteiger partial charge is 0.338 e. The molecule has 6 nitrogen and oxygen atoms in total. The Morgan fingerprint density at radius 2 is 1.20 bits per heavy atom. The topological polar surface area (TPSA) is 93.1 Å². The second kappa shape index (κ2) is 7.62. The molecule has 0 fully saturated rings.